The highest BCUT2D eigenvalue weighted by atomic mass is 16.5. The largest absolute Gasteiger partial charge is 0.378 e. The number of hydrogen-bond donors (Lipinski definition) is 2. The first-order valence-electron chi connectivity index (χ1n) is 11.2. The van der Waals surface area contributed by atoms with E-state index in [1.54, 1.807) is 0 Å². The van der Waals surface area contributed by atoms with Crippen LogP contribution in [0.2, 0.25) is 0 Å². The summed E-state index contributed by atoms with van der Waals surface area (Å²) in [5.74, 6) is -0.0350. The van der Waals surface area contributed by atoms with Gasteiger partial charge in [0.1, 0.15) is 19.1 Å². The van der Waals surface area contributed by atoms with E-state index in [1.807, 2.05) is 56.6 Å². The third-order valence-corrected chi connectivity index (χ3v) is 6.16. The van der Waals surface area contributed by atoms with Crippen molar-refractivity contribution in [2.45, 2.75) is 6.04 Å². The summed E-state index contributed by atoms with van der Waals surface area (Å²) in [5.41, 5.74) is 5.36. The fourth-order valence-corrected chi connectivity index (χ4v) is 4.23. The van der Waals surface area contributed by atoms with Gasteiger partial charge < -0.3 is 19.9 Å². The Morgan fingerprint density at radius 2 is 1.53 bits per heavy atom. The van der Waals surface area contributed by atoms with Gasteiger partial charge in [-0.25, -0.2) is 0 Å². The first-order chi connectivity index (χ1) is 15.6. The Labute approximate surface area is 190 Å². The molecule has 0 saturated carbocycles. The molecular formula is C27H32N3O2+. The number of benzene rings is 3. The van der Waals surface area contributed by atoms with Crippen molar-refractivity contribution in [3.05, 3.63) is 90.0 Å². The highest BCUT2D eigenvalue weighted by Crippen LogP contribution is 2.20. The highest BCUT2D eigenvalue weighted by Gasteiger charge is 2.27. The van der Waals surface area contributed by atoms with Gasteiger partial charge in [0.25, 0.3) is 5.91 Å². The van der Waals surface area contributed by atoms with Gasteiger partial charge in [-0.05, 0) is 35.4 Å². The van der Waals surface area contributed by atoms with E-state index in [-0.39, 0.29) is 11.9 Å². The van der Waals surface area contributed by atoms with Gasteiger partial charge in [0.05, 0.1) is 19.8 Å². The monoisotopic (exact) mass is 430 g/mol. The molecule has 166 valence electrons. The van der Waals surface area contributed by atoms with E-state index in [1.165, 1.54) is 16.2 Å². The molecule has 1 atom stereocenters. The molecule has 5 nitrogen and oxygen atoms in total. The van der Waals surface area contributed by atoms with Gasteiger partial charge in [-0.2, -0.15) is 0 Å². The van der Waals surface area contributed by atoms with Crippen LogP contribution in [0.3, 0.4) is 0 Å². The number of quaternary nitrogens is 1. The van der Waals surface area contributed by atoms with Gasteiger partial charge in [-0.1, -0.05) is 54.6 Å². The van der Waals surface area contributed by atoms with Crippen molar-refractivity contribution in [3.63, 3.8) is 0 Å². The SMILES string of the molecule is CN(C)c1ccc([C@@H](CNC(=O)c2ccc(-c3ccccc3)cc2)[NH+]2CCOCC2)cc1. The van der Waals surface area contributed by atoms with E-state index >= 15 is 0 Å². The maximum absolute atomic E-state index is 12.9. The maximum atomic E-state index is 12.9. The summed E-state index contributed by atoms with van der Waals surface area (Å²) in [7, 11) is 4.09. The van der Waals surface area contributed by atoms with Crippen molar-refractivity contribution >= 4 is 11.6 Å². The number of amides is 1. The Kier molecular flexibility index (Phi) is 7.20. The lowest BCUT2D eigenvalue weighted by Crippen LogP contribution is -3.15. The third-order valence-electron chi connectivity index (χ3n) is 6.16. The number of anilines is 1. The van der Waals surface area contributed by atoms with Crippen LogP contribution in [-0.2, 0) is 4.74 Å². The van der Waals surface area contributed by atoms with Crippen molar-refractivity contribution in [2.75, 3.05) is 51.8 Å². The number of rotatable bonds is 7. The molecule has 0 radical (unpaired) electrons. The van der Waals surface area contributed by atoms with Crippen LogP contribution in [0.1, 0.15) is 22.0 Å². The molecule has 0 aromatic heterocycles. The standard InChI is InChI=1S/C27H31N3O2/c1-29(2)25-14-12-23(13-15-25)26(30-16-18-32-19-17-30)20-28-27(31)24-10-8-22(9-11-24)21-6-4-3-5-7-21/h3-15,26H,16-20H2,1-2H3,(H,28,31)/p+1/t26-/m1/s1. The Hall–Kier alpha value is -3.15. The second kappa shape index (κ2) is 10.4. The van der Waals surface area contributed by atoms with Crippen LogP contribution < -0.4 is 15.1 Å². The summed E-state index contributed by atoms with van der Waals surface area (Å²) in [6, 6.07) is 26.9. The normalized spacial score (nSPS) is 15.2. The first-order valence-corrected chi connectivity index (χ1v) is 11.2. The second-order valence-electron chi connectivity index (χ2n) is 8.46. The van der Waals surface area contributed by atoms with Gasteiger partial charge in [-0.15, -0.1) is 0 Å². The third kappa shape index (κ3) is 5.36. The number of carbonyl (C=O) groups excluding carboxylic acids is 1. The summed E-state index contributed by atoms with van der Waals surface area (Å²) >= 11 is 0. The zero-order valence-electron chi connectivity index (χ0n) is 18.9. The van der Waals surface area contributed by atoms with Crippen LogP contribution in [0.4, 0.5) is 5.69 Å². The summed E-state index contributed by atoms with van der Waals surface area (Å²) < 4.78 is 5.56. The van der Waals surface area contributed by atoms with Crippen LogP contribution in [0.5, 0.6) is 0 Å². The van der Waals surface area contributed by atoms with E-state index in [0.29, 0.717) is 12.1 Å². The van der Waals surface area contributed by atoms with Gasteiger partial charge in [0, 0.05) is 30.9 Å². The van der Waals surface area contributed by atoms with Crippen molar-refractivity contribution < 1.29 is 14.4 Å². The molecule has 2 N–H and O–H groups in total. The molecular weight excluding hydrogens is 398 g/mol. The van der Waals surface area contributed by atoms with Crippen molar-refractivity contribution in [2.24, 2.45) is 0 Å². The Bertz CT molecular complexity index is 995. The molecule has 3 aromatic carbocycles. The minimum Gasteiger partial charge on any atom is -0.378 e. The van der Waals surface area contributed by atoms with E-state index in [9.17, 15) is 4.79 Å². The molecule has 0 aliphatic carbocycles. The van der Waals surface area contributed by atoms with Crippen LogP contribution in [0, 0.1) is 0 Å². The fourth-order valence-electron chi connectivity index (χ4n) is 4.23. The Morgan fingerprint density at radius 1 is 0.906 bits per heavy atom. The molecule has 0 spiro atoms. The summed E-state index contributed by atoms with van der Waals surface area (Å²) in [6.07, 6.45) is 0. The molecule has 0 unspecified atom stereocenters. The second-order valence-corrected chi connectivity index (χ2v) is 8.46. The molecule has 1 heterocycles. The number of carbonyl (C=O) groups is 1. The minimum absolute atomic E-state index is 0.0350. The van der Waals surface area contributed by atoms with Crippen LogP contribution >= 0.6 is 0 Å². The summed E-state index contributed by atoms with van der Waals surface area (Å²) in [5, 5.41) is 3.18. The van der Waals surface area contributed by atoms with Crippen molar-refractivity contribution in [3.8, 4) is 11.1 Å². The first kappa shape index (κ1) is 22.1. The van der Waals surface area contributed by atoms with Gasteiger partial charge in [0.15, 0.2) is 0 Å². The van der Waals surface area contributed by atoms with Crippen molar-refractivity contribution in [1.82, 2.24) is 5.32 Å². The molecule has 4 rings (SSSR count). The molecule has 0 bridgehead atoms. The molecule has 1 aliphatic heterocycles. The summed E-state index contributed by atoms with van der Waals surface area (Å²) in [6.45, 7) is 4.01. The summed E-state index contributed by atoms with van der Waals surface area (Å²) in [4.78, 5) is 16.5. The molecule has 1 aliphatic rings. The zero-order chi connectivity index (χ0) is 22.3. The average Bonchev–Trinajstić information content (AvgIpc) is 2.85. The smallest absolute Gasteiger partial charge is 0.251 e. The van der Waals surface area contributed by atoms with Gasteiger partial charge in [-0.3, -0.25) is 4.79 Å². The topological polar surface area (TPSA) is 46.0 Å². The number of morpholine rings is 1. The van der Waals surface area contributed by atoms with Crippen LogP contribution in [0.25, 0.3) is 11.1 Å². The van der Waals surface area contributed by atoms with Gasteiger partial charge >= 0.3 is 0 Å². The van der Waals surface area contributed by atoms with Crippen molar-refractivity contribution in [1.29, 1.82) is 0 Å². The molecule has 32 heavy (non-hydrogen) atoms. The highest BCUT2D eigenvalue weighted by molar-refractivity contribution is 5.94. The quantitative estimate of drug-likeness (QED) is 0.606. The fraction of sp³-hybridized carbons (Fsp3) is 0.296. The van der Waals surface area contributed by atoms with E-state index in [4.69, 9.17) is 4.74 Å². The predicted molar refractivity (Wildman–Crippen MR) is 129 cm³/mol. The number of nitrogens with zero attached hydrogens (tertiary/aromatic N) is 1. The molecule has 1 saturated heterocycles. The molecule has 1 fully saturated rings. The molecule has 5 heteroatoms. The van der Waals surface area contributed by atoms with E-state index in [2.05, 4.69) is 46.6 Å². The zero-order valence-corrected chi connectivity index (χ0v) is 18.9. The number of nitrogens with one attached hydrogen (secondary N) is 2. The Balaban J connectivity index is 1.45. The Morgan fingerprint density at radius 3 is 2.16 bits per heavy atom. The lowest BCUT2D eigenvalue weighted by molar-refractivity contribution is -0.937. The van der Waals surface area contributed by atoms with Crippen LogP contribution in [0.15, 0.2) is 78.9 Å². The van der Waals surface area contributed by atoms with E-state index < -0.39 is 0 Å². The maximum Gasteiger partial charge on any atom is 0.251 e. The molecule has 1 amide bonds. The van der Waals surface area contributed by atoms with E-state index in [0.717, 1.165) is 37.4 Å². The lowest BCUT2D eigenvalue weighted by atomic mass is 10.0. The average molecular weight is 431 g/mol. The van der Waals surface area contributed by atoms with Crippen LogP contribution in [-0.4, -0.2) is 52.9 Å². The predicted octanol–water partition coefficient (Wildman–Crippen LogP) is 2.81. The lowest BCUT2D eigenvalue weighted by Gasteiger charge is -2.32. The minimum atomic E-state index is -0.0350. The number of ether oxygens (including phenoxy) is 1. The molecule has 3 aromatic rings. The number of hydrogen-bond acceptors (Lipinski definition) is 3. The van der Waals surface area contributed by atoms with Gasteiger partial charge in [0.2, 0.25) is 0 Å².